The quantitative estimate of drug-likeness (QED) is 0.258. The number of aryl methyl sites for hydroxylation is 2. The largest absolute Gasteiger partial charge is 0.353 e. The first-order valence-corrected chi connectivity index (χ1v) is 12.3. The van der Waals surface area contributed by atoms with Crippen LogP contribution in [0.2, 0.25) is 5.02 Å². The van der Waals surface area contributed by atoms with Gasteiger partial charge < -0.3 is 9.80 Å². The summed E-state index contributed by atoms with van der Waals surface area (Å²) in [6.07, 6.45) is 4.73. The van der Waals surface area contributed by atoms with Crippen LogP contribution < -0.4 is 4.90 Å². The molecule has 0 atom stereocenters. The van der Waals surface area contributed by atoms with E-state index in [-0.39, 0.29) is 11.6 Å². The van der Waals surface area contributed by atoms with Gasteiger partial charge in [-0.15, -0.1) is 0 Å². The third-order valence-electron chi connectivity index (χ3n) is 6.22. The highest BCUT2D eigenvalue weighted by molar-refractivity contribution is 6.30. The Kier molecular flexibility index (Phi) is 7.95. The van der Waals surface area contributed by atoms with Gasteiger partial charge in [0, 0.05) is 67.1 Å². The Hall–Kier alpha value is -3.78. The second kappa shape index (κ2) is 11.3. The number of hydrogen-bond donors (Lipinski definition) is 0. The standard InChI is InChI=1S/C27H28ClN5O3/c1-3-25-24(18-21-4-9-22(28)10-5-21)27(30-19(2)29-25)32-16-14-31(15-17-32)26(34)13-8-20-6-11-23(12-7-20)33(35)36/h4-13H,3,14-18H2,1-2H3. The highest BCUT2D eigenvalue weighted by atomic mass is 35.5. The number of carbonyl (C=O) groups is 1. The van der Waals surface area contributed by atoms with E-state index in [0.717, 1.165) is 40.4 Å². The van der Waals surface area contributed by atoms with Gasteiger partial charge in [-0.1, -0.05) is 30.7 Å². The van der Waals surface area contributed by atoms with Gasteiger partial charge in [-0.25, -0.2) is 9.97 Å². The van der Waals surface area contributed by atoms with Crippen molar-refractivity contribution in [3.05, 3.63) is 98.0 Å². The SMILES string of the molecule is CCc1nc(C)nc(N2CCN(C(=O)C=Cc3ccc([N+](=O)[O-])cc3)CC2)c1Cc1ccc(Cl)cc1. The van der Waals surface area contributed by atoms with Crippen LogP contribution in [0.25, 0.3) is 6.08 Å². The number of benzene rings is 2. The van der Waals surface area contributed by atoms with Crippen molar-refractivity contribution in [2.75, 3.05) is 31.1 Å². The molecule has 0 bridgehead atoms. The molecule has 1 fully saturated rings. The van der Waals surface area contributed by atoms with Gasteiger partial charge in [0.25, 0.3) is 5.69 Å². The van der Waals surface area contributed by atoms with Crippen molar-refractivity contribution in [3.8, 4) is 0 Å². The van der Waals surface area contributed by atoms with Crippen LogP contribution in [0.1, 0.15) is 35.1 Å². The molecule has 1 amide bonds. The first-order valence-electron chi connectivity index (χ1n) is 11.9. The number of amides is 1. The fraction of sp³-hybridized carbons (Fsp3) is 0.296. The predicted molar refractivity (Wildman–Crippen MR) is 141 cm³/mol. The molecule has 1 aliphatic heterocycles. The molecule has 0 saturated carbocycles. The van der Waals surface area contributed by atoms with Crippen LogP contribution in [0.4, 0.5) is 11.5 Å². The van der Waals surface area contributed by atoms with Crippen LogP contribution in [0.15, 0.2) is 54.6 Å². The maximum absolute atomic E-state index is 12.8. The van der Waals surface area contributed by atoms with Crippen molar-refractivity contribution in [2.24, 2.45) is 0 Å². The third kappa shape index (κ3) is 6.07. The first-order chi connectivity index (χ1) is 17.3. The number of halogens is 1. The number of piperazine rings is 1. The molecule has 1 aromatic heterocycles. The Bertz CT molecular complexity index is 1270. The van der Waals surface area contributed by atoms with Crippen LogP contribution >= 0.6 is 11.6 Å². The Morgan fingerprint density at radius 1 is 1.06 bits per heavy atom. The van der Waals surface area contributed by atoms with Gasteiger partial charge in [-0.2, -0.15) is 0 Å². The topological polar surface area (TPSA) is 92.5 Å². The van der Waals surface area contributed by atoms with E-state index in [2.05, 4.69) is 11.8 Å². The molecule has 0 unspecified atom stereocenters. The minimum Gasteiger partial charge on any atom is -0.353 e. The first kappa shape index (κ1) is 25.3. The Morgan fingerprint density at radius 3 is 2.33 bits per heavy atom. The number of anilines is 1. The molecule has 0 radical (unpaired) electrons. The molecule has 8 nitrogen and oxygen atoms in total. The maximum Gasteiger partial charge on any atom is 0.269 e. The lowest BCUT2D eigenvalue weighted by Crippen LogP contribution is -2.49. The van der Waals surface area contributed by atoms with Crippen molar-refractivity contribution in [3.63, 3.8) is 0 Å². The molecule has 9 heteroatoms. The summed E-state index contributed by atoms with van der Waals surface area (Å²) in [6, 6.07) is 14.0. The van der Waals surface area contributed by atoms with Crippen LogP contribution in [0, 0.1) is 17.0 Å². The molecular weight excluding hydrogens is 478 g/mol. The maximum atomic E-state index is 12.8. The van der Waals surface area contributed by atoms with E-state index < -0.39 is 4.92 Å². The zero-order chi connectivity index (χ0) is 25.7. The minimum atomic E-state index is -0.443. The van der Waals surface area contributed by atoms with Crippen molar-refractivity contribution in [1.82, 2.24) is 14.9 Å². The van der Waals surface area contributed by atoms with Crippen molar-refractivity contribution >= 4 is 35.1 Å². The third-order valence-corrected chi connectivity index (χ3v) is 6.48. The summed E-state index contributed by atoms with van der Waals surface area (Å²) in [7, 11) is 0. The average molecular weight is 506 g/mol. The summed E-state index contributed by atoms with van der Waals surface area (Å²) in [4.78, 5) is 36.7. The molecule has 2 aromatic carbocycles. The van der Waals surface area contributed by atoms with Gasteiger partial charge in [0.05, 0.1) is 4.92 Å². The molecule has 0 aliphatic carbocycles. The van der Waals surface area contributed by atoms with Crippen molar-refractivity contribution in [2.45, 2.75) is 26.7 Å². The predicted octanol–water partition coefficient (Wildman–Crippen LogP) is 4.86. The van der Waals surface area contributed by atoms with E-state index in [0.29, 0.717) is 37.6 Å². The molecule has 3 aromatic rings. The van der Waals surface area contributed by atoms with Gasteiger partial charge in [0.15, 0.2) is 0 Å². The number of hydrogen-bond acceptors (Lipinski definition) is 6. The average Bonchev–Trinajstić information content (AvgIpc) is 2.89. The summed E-state index contributed by atoms with van der Waals surface area (Å²) in [5, 5.41) is 11.5. The highest BCUT2D eigenvalue weighted by Gasteiger charge is 2.24. The zero-order valence-electron chi connectivity index (χ0n) is 20.4. The van der Waals surface area contributed by atoms with E-state index in [1.54, 1.807) is 18.2 Å². The summed E-state index contributed by atoms with van der Waals surface area (Å²) >= 11 is 6.07. The smallest absolute Gasteiger partial charge is 0.269 e. The fourth-order valence-corrected chi connectivity index (χ4v) is 4.42. The van der Waals surface area contributed by atoms with Gasteiger partial charge in [0.2, 0.25) is 5.91 Å². The monoisotopic (exact) mass is 505 g/mol. The summed E-state index contributed by atoms with van der Waals surface area (Å²) in [5.74, 6) is 1.59. The molecule has 186 valence electrons. The number of nitrogens with zero attached hydrogens (tertiary/aromatic N) is 5. The molecule has 0 N–H and O–H groups in total. The minimum absolute atomic E-state index is 0.0243. The van der Waals surface area contributed by atoms with Crippen LogP contribution in [0.3, 0.4) is 0 Å². The summed E-state index contributed by atoms with van der Waals surface area (Å²) in [5.41, 5.74) is 4.06. The molecule has 36 heavy (non-hydrogen) atoms. The van der Waals surface area contributed by atoms with Crippen molar-refractivity contribution in [1.29, 1.82) is 0 Å². The summed E-state index contributed by atoms with van der Waals surface area (Å²) in [6.45, 7) is 6.51. The normalized spacial score (nSPS) is 13.9. The molecule has 1 aliphatic rings. The molecule has 1 saturated heterocycles. The van der Waals surface area contributed by atoms with Gasteiger partial charge >= 0.3 is 0 Å². The Morgan fingerprint density at radius 2 is 1.72 bits per heavy atom. The molecule has 2 heterocycles. The van der Waals surface area contributed by atoms with E-state index in [9.17, 15) is 14.9 Å². The van der Waals surface area contributed by atoms with Crippen LogP contribution in [-0.2, 0) is 17.6 Å². The van der Waals surface area contributed by atoms with E-state index in [1.807, 2.05) is 36.1 Å². The van der Waals surface area contributed by atoms with Gasteiger partial charge in [-0.3, -0.25) is 14.9 Å². The van der Waals surface area contributed by atoms with Crippen LogP contribution in [0.5, 0.6) is 0 Å². The number of nitro benzene ring substituents is 1. The molecule has 0 spiro atoms. The lowest BCUT2D eigenvalue weighted by Gasteiger charge is -2.36. The Labute approximate surface area is 215 Å². The van der Waals surface area contributed by atoms with Gasteiger partial charge in [-0.05, 0) is 54.8 Å². The van der Waals surface area contributed by atoms with E-state index >= 15 is 0 Å². The van der Waals surface area contributed by atoms with E-state index in [4.69, 9.17) is 21.6 Å². The summed E-state index contributed by atoms with van der Waals surface area (Å²) < 4.78 is 0. The van der Waals surface area contributed by atoms with Crippen LogP contribution in [-0.4, -0.2) is 51.9 Å². The Balaban J connectivity index is 1.45. The lowest BCUT2D eigenvalue weighted by molar-refractivity contribution is -0.384. The van der Waals surface area contributed by atoms with Gasteiger partial charge in [0.1, 0.15) is 11.6 Å². The number of aromatic nitrogens is 2. The number of carbonyl (C=O) groups excluding carboxylic acids is 1. The highest BCUT2D eigenvalue weighted by Crippen LogP contribution is 2.26. The van der Waals surface area contributed by atoms with E-state index in [1.165, 1.54) is 18.2 Å². The number of nitro groups is 1. The zero-order valence-corrected chi connectivity index (χ0v) is 21.1. The number of non-ortho nitro benzene ring substituents is 1. The molecule has 4 rings (SSSR count). The fourth-order valence-electron chi connectivity index (χ4n) is 4.30. The second-order valence-electron chi connectivity index (χ2n) is 8.67. The number of rotatable bonds is 7. The second-order valence-corrected chi connectivity index (χ2v) is 9.11. The van der Waals surface area contributed by atoms with Crippen molar-refractivity contribution < 1.29 is 9.72 Å². The molecular formula is C27H28ClN5O3. The lowest BCUT2D eigenvalue weighted by atomic mass is 10.0.